The van der Waals surface area contributed by atoms with Gasteiger partial charge in [-0.3, -0.25) is 14.6 Å². The Bertz CT molecular complexity index is 1170. The molecule has 4 rings (SSSR count). The van der Waals surface area contributed by atoms with Crippen LogP contribution in [0.2, 0.25) is 0 Å². The highest BCUT2D eigenvalue weighted by Crippen LogP contribution is 2.17. The summed E-state index contributed by atoms with van der Waals surface area (Å²) in [7, 11) is 0. The van der Waals surface area contributed by atoms with E-state index in [1.165, 1.54) is 0 Å². The Labute approximate surface area is 158 Å². The molecule has 0 saturated carbocycles. The van der Waals surface area contributed by atoms with Gasteiger partial charge in [-0.1, -0.05) is 6.07 Å². The number of nitrogens with one attached hydrogen (secondary N) is 3. The first-order valence-electron chi connectivity index (χ1n) is 8.52. The number of aliphatic hydroxyl groups excluding tert-OH is 1. The fourth-order valence-electron chi connectivity index (χ4n) is 2.80. The first kappa shape index (κ1) is 17.6. The van der Waals surface area contributed by atoms with E-state index in [0.29, 0.717) is 22.3 Å². The van der Waals surface area contributed by atoms with Crippen LogP contribution < -0.4 is 10.6 Å². The van der Waals surface area contributed by atoms with Crippen LogP contribution in [-0.2, 0) is 4.79 Å². The largest absolute Gasteiger partial charge is 0.394 e. The summed E-state index contributed by atoms with van der Waals surface area (Å²) in [4.78, 5) is 29.2. The number of carbonyl (C=O) groups excluding carboxylic acids is 2. The van der Waals surface area contributed by atoms with E-state index in [1.807, 2.05) is 6.07 Å². The summed E-state index contributed by atoms with van der Waals surface area (Å²) in [6.45, 7) is -0.543. The van der Waals surface area contributed by atoms with E-state index in [0.717, 1.165) is 10.9 Å². The van der Waals surface area contributed by atoms with Crippen molar-refractivity contribution in [2.45, 2.75) is 6.04 Å². The van der Waals surface area contributed by atoms with Gasteiger partial charge in [0.15, 0.2) is 0 Å². The molecule has 9 nitrogen and oxygen atoms in total. The quantitative estimate of drug-likeness (QED) is 0.414. The van der Waals surface area contributed by atoms with Crippen molar-refractivity contribution in [2.75, 3.05) is 11.9 Å². The molecule has 0 fully saturated rings. The average Bonchev–Trinajstić information content (AvgIpc) is 3.19. The number of rotatable bonds is 5. The van der Waals surface area contributed by atoms with Crippen LogP contribution in [0.4, 0.5) is 5.69 Å². The van der Waals surface area contributed by atoms with E-state index in [2.05, 4.69) is 31.0 Å². The molecule has 0 spiro atoms. The van der Waals surface area contributed by atoms with Crippen molar-refractivity contribution in [1.29, 1.82) is 0 Å². The molecule has 2 aromatic carbocycles. The van der Waals surface area contributed by atoms with Gasteiger partial charge in [0.25, 0.3) is 5.91 Å². The predicted molar refractivity (Wildman–Crippen MR) is 103 cm³/mol. The Balaban J connectivity index is 1.47. The highest BCUT2D eigenvalue weighted by atomic mass is 16.3. The molecular formula is C19H16N6O3. The molecule has 0 radical (unpaired) electrons. The number of aliphatic hydroxyl groups is 1. The van der Waals surface area contributed by atoms with Crippen LogP contribution in [0.25, 0.3) is 21.9 Å². The van der Waals surface area contributed by atoms with E-state index in [4.69, 9.17) is 0 Å². The third-order valence-corrected chi connectivity index (χ3v) is 4.25. The van der Waals surface area contributed by atoms with Crippen LogP contribution in [-0.4, -0.2) is 50.0 Å². The lowest BCUT2D eigenvalue weighted by atomic mass is 10.1. The van der Waals surface area contributed by atoms with Crippen molar-refractivity contribution < 1.29 is 14.7 Å². The fourth-order valence-corrected chi connectivity index (χ4v) is 2.80. The number of fused-ring (bicyclic) bond motifs is 2. The third-order valence-electron chi connectivity index (χ3n) is 4.25. The van der Waals surface area contributed by atoms with Gasteiger partial charge in [-0.15, -0.1) is 0 Å². The number of benzene rings is 2. The van der Waals surface area contributed by atoms with E-state index >= 15 is 0 Å². The van der Waals surface area contributed by atoms with Crippen molar-refractivity contribution in [1.82, 2.24) is 25.7 Å². The number of amides is 2. The molecule has 2 heterocycles. The summed E-state index contributed by atoms with van der Waals surface area (Å²) in [5, 5.41) is 26.0. The summed E-state index contributed by atoms with van der Waals surface area (Å²) >= 11 is 0. The van der Waals surface area contributed by atoms with Crippen molar-refractivity contribution in [3.05, 3.63) is 60.3 Å². The molecule has 4 N–H and O–H groups in total. The second kappa shape index (κ2) is 7.41. The minimum Gasteiger partial charge on any atom is -0.394 e. The van der Waals surface area contributed by atoms with Crippen LogP contribution in [0.15, 0.2) is 54.7 Å². The van der Waals surface area contributed by atoms with Crippen LogP contribution in [0.1, 0.15) is 10.4 Å². The van der Waals surface area contributed by atoms with Gasteiger partial charge >= 0.3 is 0 Å². The second-order valence-corrected chi connectivity index (χ2v) is 6.14. The minimum absolute atomic E-state index is 0.310. The van der Waals surface area contributed by atoms with Crippen LogP contribution >= 0.6 is 0 Å². The minimum atomic E-state index is -1.11. The highest BCUT2D eigenvalue weighted by Gasteiger charge is 2.21. The van der Waals surface area contributed by atoms with Gasteiger partial charge in [0.1, 0.15) is 17.1 Å². The molecule has 4 aromatic rings. The molecule has 0 unspecified atom stereocenters. The van der Waals surface area contributed by atoms with Gasteiger partial charge in [0.2, 0.25) is 5.91 Å². The van der Waals surface area contributed by atoms with E-state index in [1.54, 1.807) is 48.7 Å². The normalized spacial score (nSPS) is 12.0. The molecule has 0 aliphatic heterocycles. The molecule has 28 heavy (non-hydrogen) atoms. The van der Waals surface area contributed by atoms with Gasteiger partial charge in [0.05, 0.1) is 12.1 Å². The first-order valence-corrected chi connectivity index (χ1v) is 8.52. The summed E-state index contributed by atoms with van der Waals surface area (Å²) in [5.74, 6) is -1.02. The van der Waals surface area contributed by atoms with Crippen molar-refractivity contribution >= 4 is 39.4 Å². The van der Waals surface area contributed by atoms with Crippen LogP contribution in [0.3, 0.4) is 0 Å². The van der Waals surface area contributed by atoms with Crippen LogP contribution in [0.5, 0.6) is 0 Å². The molecule has 0 bridgehead atoms. The van der Waals surface area contributed by atoms with Gasteiger partial charge in [-0.2, -0.15) is 15.4 Å². The number of carbonyl (C=O) groups is 2. The Kier molecular flexibility index (Phi) is 4.65. The van der Waals surface area contributed by atoms with E-state index < -0.39 is 24.5 Å². The van der Waals surface area contributed by atoms with Gasteiger partial charge in [-0.05, 0) is 42.5 Å². The lowest BCUT2D eigenvalue weighted by Crippen LogP contribution is -2.46. The fraction of sp³-hybridized carbons (Fsp3) is 0.105. The zero-order chi connectivity index (χ0) is 19.5. The molecule has 2 amide bonds. The summed E-state index contributed by atoms with van der Waals surface area (Å²) < 4.78 is 0. The number of hydrogen-bond acceptors (Lipinski definition) is 6. The molecule has 0 aliphatic rings. The van der Waals surface area contributed by atoms with E-state index in [9.17, 15) is 14.7 Å². The number of H-pyrrole nitrogens is 1. The maximum atomic E-state index is 12.5. The Morgan fingerprint density at radius 2 is 1.86 bits per heavy atom. The lowest BCUT2D eigenvalue weighted by molar-refractivity contribution is -0.118. The van der Waals surface area contributed by atoms with Crippen LogP contribution in [0, 0.1) is 0 Å². The predicted octanol–water partition coefficient (Wildman–Crippen LogP) is 1.24. The SMILES string of the molecule is O=C(N[C@@H](CO)C(=O)Nc1ccc2ncccc2c1)c1ccc2n[nH]nc2c1. The average molecular weight is 376 g/mol. The van der Waals surface area contributed by atoms with Gasteiger partial charge in [0, 0.05) is 22.8 Å². The molecule has 0 aliphatic carbocycles. The Hall–Kier alpha value is -3.85. The third kappa shape index (κ3) is 3.51. The lowest BCUT2D eigenvalue weighted by Gasteiger charge is -2.16. The number of anilines is 1. The smallest absolute Gasteiger partial charge is 0.252 e. The van der Waals surface area contributed by atoms with Crippen molar-refractivity contribution in [2.24, 2.45) is 0 Å². The number of aromatic amines is 1. The van der Waals surface area contributed by atoms with Gasteiger partial charge < -0.3 is 15.7 Å². The Morgan fingerprint density at radius 3 is 2.71 bits per heavy atom. The maximum absolute atomic E-state index is 12.5. The zero-order valence-corrected chi connectivity index (χ0v) is 14.6. The van der Waals surface area contributed by atoms with Gasteiger partial charge in [-0.25, -0.2) is 0 Å². The van der Waals surface area contributed by atoms with Crippen molar-refractivity contribution in [3.8, 4) is 0 Å². The molecule has 9 heteroatoms. The van der Waals surface area contributed by atoms with Crippen molar-refractivity contribution in [3.63, 3.8) is 0 Å². The molecule has 140 valence electrons. The first-order chi connectivity index (χ1) is 13.6. The summed E-state index contributed by atoms with van der Waals surface area (Å²) in [6, 6.07) is 12.6. The van der Waals surface area contributed by atoms with E-state index in [-0.39, 0.29) is 0 Å². The molecule has 0 saturated heterocycles. The zero-order valence-electron chi connectivity index (χ0n) is 14.6. The topological polar surface area (TPSA) is 133 Å². The number of aromatic nitrogens is 4. The standard InChI is InChI=1S/C19H16N6O3/c26-10-17(22-18(27)12-3-5-15-16(9-12)24-25-23-15)19(28)21-13-4-6-14-11(8-13)2-1-7-20-14/h1-9,17,26H,10H2,(H,21,28)(H,22,27)(H,23,24,25)/t17-/m0/s1. The summed E-state index contributed by atoms with van der Waals surface area (Å²) in [6.07, 6.45) is 1.69. The second-order valence-electron chi connectivity index (χ2n) is 6.14. The Morgan fingerprint density at radius 1 is 1.04 bits per heavy atom. The number of hydrogen-bond donors (Lipinski definition) is 4. The summed E-state index contributed by atoms with van der Waals surface area (Å²) in [5.41, 5.74) is 2.81. The molecule has 1 atom stereocenters. The molecular weight excluding hydrogens is 360 g/mol. The molecule has 2 aromatic heterocycles. The monoisotopic (exact) mass is 376 g/mol. The maximum Gasteiger partial charge on any atom is 0.252 e. The highest BCUT2D eigenvalue weighted by molar-refractivity contribution is 6.03. The number of nitrogens with zero attached hydrogens (tertiary/aromatic N) is 3. The number of pyridine rings is 1.